The number of aromatic hydroxyl groups is 3. The van der Waals surface area contributed by atoms with Gasteiger partial charge >= 0.3 is 5.97 Å². The van der Waals surface area contributed by atoms with E-state index in [0.717, 1.165) is 12.5 Å². The molecule has 0 atom stereocenters. The van der Waals surface area contributed by atoms with Crippen LogP contribution in [0.3, 0.4) is 0 Å². The van der Waals surface area contributed by atoms with Gasteiger partial charge in [-0.05, 0) is 25.3 Å². The Hall–Kier alpha value is -3.53. The monoisotopic (exact) mass is 434 g/mol. The third-order valence-corrected chi connectivity index (χ3v) is 4.23. The van der Waals surface area contributed by atoms with E-state index in [-0.39, 0.29) is 43.0 Å². The smallest absolute Gasteiger partial charge is 0.342 e. The second-order valence-electron chi connectivity index (χ2n) is 6.60. The molecule has 31 heavy (non-hydrogen) atoms. The molecule has 1 aromatic rings. The SMILES string of the molecule is O=C(CO/N=C1\C=C\CC/C=C/CCOC(=O)c2c(O)cc(O)c(O)c2C1)NCCO. The molecule has 10 heteroatoms. The number of amides is 1. The lowest BCUT2D eigenvalue weighted by atomic mass is 9.98. The van der Waals surface area contributed by atoms with Crippen LogP contribution in [-0.2, 0) is 20.8 Å². The summed E-state index contributed by atoms with van der Waals surface area (Å²) in [4.78, 5) is 29.2. The number of benzene rings is 1. The standard InChI is InChI=1S/C21H26N2O8/c24-9-8-22-18(27)13-31-23-14-7-5-3-1-2-4-6-10-30-21(29)19-15(11-14)20(28)17(26)12-16(19)25/h2,4-5,7,12,24-26,28H,1,3,6,8-11,13H2,(H,22,27)/b4-2+,7-5+,23-14+. The summed E-state index contributed by atoms with van der Waals surface area (Å²) in [7, 11) is 0. The lowest BCUT2D eigenvalue weighted by Crippen LogP contribution is -2.29. The Morgan fingerprint density at radius 1 is 1.13 bits per heavy atom. The number of aliphatic hydroxyl groups is 1. The van der Waals surface area contributed by atoms with Gasteiger partial charge in [0.05, 0.1) is 18.9 Å². The van der Waals surface area contributed by atoms with E-state index in [2.05, 4.69) is 10.5 Å². The zero-order chi connectivity index (χ0) is 22.6. The van der Waals surface area contributed by atoms with E-state index in [1.807, 2.05) is 18.2 Å². The molecule has 1 aromatic carbocycles. The molecule has 0 saturated carbocycles. The Morgan fingerprint density at radius 3 is 2.65 bits per heavy atom. The number of carbonyl (C=O) groups is 2. The van der Waals surface area contributed by atoms with Gasteiger partial charge < -0.3 is 35.3 Å². The number of allylic oxidation sites excluding steroid dienone is 3. The highest BCUT2D eigenvalue weighted by atomic mass is 16.6. The van der Waals surface area contributed by atoms with Gasteiger partial charge in [-0.25, -0.2) is 4.79 Å². The van der Waals surface area contributed by atoms with Crippen molar-refractivity contribution in [3.8, 4) is 17.2 Å². The second-order valence-corrected chi connectivity index (χ2v) is 6.60. The number of esters is 1. The number of oxime groups is 1. The summed E-state index contributed by atoms with van der Waals surface area (Å²) in [6, 6.07) is 0.854. The van der Waals surface area contributed by atoms with Gasteiger partial charge in [0, 0.05) is 24.6 Å². The normalized spacial score (nSPS) is 18.4. The van der Waals surface area contributed by atoms with Gasteiger partial charge in [0.1, 0.15) is 11.3 Å². The van der Waals surface area contributed by atoms with E-state index >= 15 is 0 Å². The third-order valence-electron chi connectivity index (χ3n) is 4.23. The quantitative estimate of drug-likeness (QED) is 0.152. The Labute approximate surface area is 179 Å². The molecule has 1 aliphatic heterocycles. The molecular weight excluding hydrogens is 408 g/mol. The molecule has 1 heterocycles. The molecule has 0 bridgehead atoms. The molecule has 0 aromatic heterocycles. The molecule has 2 rings (SSSR count). The summed E-state index contributed by atoms with van der Waals surface area (Å²) in [5.74, 6) is -3.11. The van der Waals surface area contributed by atoms with Gasteiger partial charge in [0.25, 0.3) is 5.91 Å². The number of rotatable bonds is 5. The number of hydrogen-bond donors (Lipinski definition) is 5. The number of fused-ring (bicyclic) bond motifs is 1. The number of hydrogen-bond acceptors (Lipinski definition) is 9. The molecule has 0 radical (unpaired) electrons. The topological polar surface area (TPSA) is 158 Å². The van der Waals surface area contributed by atoms with Crippen molar-refractivity contribution in [2.45, 2.75) is 25.7 Å². The molecule has 1 amide bonds. The van der Waals surface area contributed by atoms with E-state index in [9.17, 15) is 24.9 Å². The summed E-state index contributed by atoms with van der Waals surface area (Å²) in [6.45, 7) is -0.463. The number of ether oxygens (including phenoxy) is 1. The summed E-state index contributed by atoms with van der Waals surface area (Å²) < 4.78 is 5.17. The second kappa shape index (κ2) is 12.2. The van der Waals surface area contributed by atoms with Crippen LogP contribution in [0.2, 0.25) is 0 Å². The molecule has 0 unspecified atom stereocenters. The average Bonchev–Trinajstić information content (AvgIpc) is 2.73. The zero-order valence-corrected chi connectivity index (χ0v) is 16.9. The Balaban J connectivity index is 2.36. The van der Waals surface area contributed by atoms with Crippen LogP contribution in [-0.4, -0.2) is 64.4 Å². The lowest BCUT2D eigenvalue weighted by Gasteiger charge is -2.14. The molecule has 0 spiro atoms. The van der Waals surface area contributed by atoms with Crippen LogP contribution in [0.1, 0.15) is 35.2 Å². The number of cyclic esters (lactones) is 1. The van der Waals surface area contributed by atoms with Gasteiger partial charge in [-0.1, -0.05) is 23.4 Å². The van der Waals surface area contributed by atoms with Gasteiger partial charge in [0.2, 0.25) is 0 Å². The maximum absolute atomic E-state index is 12.5. The fourth-order valence-corrected chi connectivity index (χ4v) is 2.76. The van der Waals surface area contributed by atoms with E-state index in [4.69, 9.17) is 14.7 Å². The van der Waals surface area contributed by atoms with E-state index in [1.165, 1.54) is 0 Å². The summed E-state index contributed by atoms with van der Waals surface area (Å²) in [5, 5.41) is 45.4. The van der Waals surface area contributed by atoms with Crippen molar-refractivity contribution in [2.75, 3.05) is 26.4 Å². The Kier molecular flexibility index (Phi) is 9.37. The minimum atomic E-state index is -0.860. The van der Waals surface area contributed by atoms with Crippen LogP contribution in [0.5, 0.6) is 17.2 Å². The first-order valence-corrected chi connectivity index (χ1v) is 9.75. The maximum atomic E-state index is 12.5. The van der Waals surface area contributed by atoms with Gasteiger partial charge in [0.15, 0.2) is 18.1 Å². The minimum absolute atomic E-state index is 0.0775. The molecule has 1 aliphatic rings. The fourth-order valence-electron chi connectivity index (χ4n) is 2.76. The van der Waals surface area contributed by atoms with Crippen molar-refractivity contribution in [3.05, 3.63) is 41.5 Å². The average molecular weight is 434 g/mol. The Bertz CT molecular complexity index is 877. The largest absolute Gasteiger partial charge is 0.507 e. The third kappa shape index (κ3) is 7.34. The first kappa shape index (κ1) is 23.7. The van der Waals surface area contributed by atoms with Crippen molar-refractivity contribution >= 4 is 17.6 Å². The lowest BCUT2D eigenvalue weighted by molar-refractivity contribution is -0.125. The maximum Gasteiger partial charge on any atom is 0.342 e. The molecule has 10 nitrogen and oxygen atoms in total. The first-order valence-electron chi connectivity index (χ1n) is 9.75. The number of phenols is 3. The van der Waals surface area contributed by atoms with Crippen LogP contribution in [0.4, 0.5) is 0 Å². The molecule has 0 aliphatic carbocycles. The van der Waals surface area contributed by atoms with Gasteiger partial charge in [-0.3, -0.25) is 4.79 Å². The van der Waals surface area contributed by atoms with E-state index in [0.29, 0.717) is 12.8 Å². The van der Waals surface area contributed by atoms with Gasteiger partial charge in [-0.2, -0.15) is 0 Å². The van der Waals surface area contributed by atoms with E-state index < -0.39 is 35.7 Å². The highest BCUT2D eigenvalue weighted by Gasteiger charge is 2.25. The predicted molar refractivity (Wildman–Crippen MR) is 111 cm³/mol. The number of nitrogens with zero attached hydrogens (tertiary/aromatic N) is 1. The predicted octanol–water partition coefficient (Wildman–Crippen LogP) is 1.28. The Morgan fingerprint density at radius 2 is 1.87 bits per heavy atom. The van der Waals surface area contributed by atoms with Crippen molar-refractivity contribution in [1.29, 1.82) is 0 Å². The fraction of sp³-hybridized carbons (Fsp3) is 0.381. The van der Waals surface area contributed by atoms with Crippen molar-refractivity contribution in [2.24, 2.45) is 5.16 Å². The number of nitrogens with one attached hydrogen (secondary N) is 1. The van der Waals surface area contributed by atoms with Crippen LogP contribution in [0.25, 0.3) is 0 Å². The van der Waals surface area contributed by atoms with Crippen LogP contribution in [0, 0.1) is 0 Å². The molecule has 168 valence electrons. The van der Waals surface area contributed by atoms with Crippen molar-refractivity contribution < 1.29 is 39.6 Å². The van der Waals surface area contributed by atoms with Crippen molar-refractivity contribution in [1.82, 2.24) is 5.32 Å². The molecule has 5 N–H and O–H groups in total. The molecule has 0 saturated heterocycles. The highest BCUT2D eigenvalue weighted by molar-refractivity contribution is 6.01. The first-order chi connectivity index (χ1) is 14.9. The summed E-state index contributed by atoms with van der Waals surface area (Å²) in [6.07, 6.45) is 8.94. The van der Waals surface area contributed by atoms with Gasteiger partial charge in [-0.15, -0.1) is 0 Å². The molecular formula is C21H26N2O8. The molecule has 0 fully saturated rings. The minimum Gasteiger partial charge on any atom is -0.507 e. The number of carbonyl (C=O) groups excluding carboxylic acids is 2. The van der Waals surface area contributed by atoms with E-state index in [1.54, 1.807) is 6.08 Å². The van der Waals surface area contributed by atoms with Crippen LogP contribution < -0.4 is 5.32 Å². The number of phenolic OH excluding ortho intramolecular Hbond substituents is 3. The summed E-state index contributed by atoms with van der Waals surface area (Å²) in [5.41, 5.74) is -0.157. The van der Waals surface area contributed by atoms with Crippen LogP contribution >= 0.6 is 0 Å². The number of aliphatic hydroxyl groups excluding tert-OH is 1. The van der Waals surface area contributed by atoms with Crippen molar-refractivity contribution in [3.63, 3.8) is 0 Å². The summed E-state index contributed by atoms with van der Waals surface area (Å²) >= 11 is 0. The van der Waals surface area contributed by atoms with Crippen LogP contribution in [0.15, 0.2) is 35.5 Å². The zero-order valence-electron chi connectivity index (χ0n) is 16.9. The highest BCUT2D eigenvalue weighted by Crippen LogP contribution is 2.38.